The van der Waals surface area contributed by atoms with Crippen molar-refractivity contribution in [2.45, 2.75) is 27.4 Å². The third kappa shape index (κ3) is 5.79. The fraction of sp³-hybridized carbons (Fsp3) is 0.179. The molecule has 1 fully saturated rings. The lowest BCUT2D eigenvalue weighted by Crippen LogP contribution is -2.54. The van der Waals surface area contributed by atoms with Gasteiger partial charge < -0.3 is 9.47 Å². The minimum absolute atomic E-state index is 0.175. The first-order valence-corrected chi connectivity index (χ1v) is 12.3. The molecule has 0 radical (unpaired) electrons. The van der Waals surface area contributed by atoms with Crippen LogP contribution in [0.5, 0.6) is 11.5 Å². The first-order valence-electron chi connectivity index (χ1n) is 11.5. The van der Waals surface area contributed by atoms with Crippen LogP contribution in [0.15, 0.2) is 60.2 Å². The van der Waals surface area contributed by atoms with Gasteiger partial charge in [0, 0.05) is 0 Å². The number of carbonyl (C=O) groups is 3. The van der Waals surface area contributed by atoms with E-state index in [0.717, 1.165) is 21.6 Å². The molecule has 0 saturated carbocycles. The second-order valence-corrected chi connectivity index (χ2v) is 9.24. The first-order chi connectivity index (χ1) is 17.7. The highest BCUT2D eigenvalue weighted by Crippen LogP contribution is 2.32. The molecule has 4 rings (SSSR count). The Kier molecular flexibility index (Phi) is 7.86. The van der Waals surface area contributed by atoms with Crippen LogP contribution < -0.4 is 19.7 Å². The number of barbiturate groups is 1. The SMILES string of the molecule is CCOc1cc(/C=C2\C(=O)NC(=O)N(c3ccc(C)cc3C)C2=O)ccc1OCc1ccc(Cl)c(Cl)c1. The van der Waals surface area contributed by atoms with E-state index in [1.807, 2.05) is 26.0 Å². The number of imide groups is 2. The van der Waals surface area contributed by atoms with E-state index in [-0.39, 0.29) is 12.2 Å². The van der Waals surface area contributed by atoms with Gasteiger partial charge in [0.15, 0.2) is 11.5 Å². The van der Waals surface area contributed by atoms with Gasteiger partial charge in [-0.15, -0.1) is 0 Å². The molecule has 1 N–H and O–H groups in total. The second kappa shape index (κ2) is 11.1. The lowest BCUT2D eigenvalue weighted by molar-refractivity contribution is -0.122. The Morgan fingerprint density at radius 1 is 0.892 bits per heavy atom. The van der Waals surface area contributed by atoms with Crippen LogP contribution in [-0.4, -0.2) is 24.5 Å². The molecule has 1 aliphatic rings. The van der Waals surface area contributed by atoms with Crippen LogP contribution in [-0.2, 0) is 16.2 Å². The van der Waals surface area contributed by atoms with Crippen molar-refractivity contribution in [3.63, 3.8) is 0 Å². The average molecular weight is 539 g/mol. The molecule has 190 valence electrons. The number of amides is 4. The van der Waals surface area contributed by atoms with E-state index in [1.54, 1.807) is 49.4 Å². The topological polar surface area (TPSA) is 84.9 Å². The molecule has 9 heteroatoms. The van der Waals surface area contributed by atoms with Crippen molar-refractivity contribution < 1.29 is 23.9 Å². The lowest BCUT2D eigenvalue weighted by Gasteiger charge is -2.27. The van der Waals surface area contributed by atoms with E-state index < -0.39 is 17.8 Å². The minimum atomic E-state index is -0.792. The van der Waals surface area contributed by atoms with Gasteiger partial charge in [-0.3, -0.25) is 14.9 Å². The average Bonchev–Trinajstić information content (AvgIpc) is 2.84. The van der Waals surface area contributed by atoms with Crippen LogP contribution >= 0.6 is 23.2 Å². The molecular formula is C28H24Cl2N2O5. The van der Waals surface area contributed by atoms with E-state index in [2.05, 4.69) is 5.32 Å². The molecule has 0 unspecified atom stereocenters. The number of aryl methyl sites for hydroxylation is 2. The fourth-order valence-electron chi connectivity index (χ4n) is 3.89. The number of urea groups is 1. The summed E-state index contributed by atoms with van der Waals surface area (Å²) in [6, 6.07) is 14.8. The summed E-state index contributed by atoms with van der Waals surface area (Å²) in [4.78, 5) is 39.4. The van der Waals surface area contributed by atoms with Crippen molar-refractivity contribution in [1.82, 2.24) is 5.32 Å². The molecule has 1 saturated heterocycles. The Labute approximate surface area is 224 Å². The van der Waals surface area contributed by atoms with Crippen LogP contribution in [0.2, 0.25) is 10.0 Å². The van der Waals surface area contributed by atoms with Crippen molar-refractivity contribution in [2.75, 3.05) is 11.5 Å². The number of nitrogens with one attached hydrogen (secondary N) is 1. The summed E-state index contributed by atoms with van der Waals surface area (Å²) in [5, 5.41) is 3.14. The van der Waals surface area contributed by atoms with Gasteiger partial charge in [0.2, 0.25) is 0 Å². The molecule has 0 bridgehead atoms. The maximum Gasteiger partial charge on any atom is 0.335 e. The number of carbonyl (C=O) groups excluding carboxylic acids is 3. The summed E-state index contributed by atoms with van der Waals surface area (Å²) in [7, 11) is 0. The Bertz CT molecular complexity index is 1430. The molecule has 0 atom stereocenters. The highest BCUT2D eigenvalue weighted by atomic mass is 35.5. The monoisotopic (exact) mass is 538 g/mol. The number of halogens is 2. The maximum atomic E-state index is 13.3. The zero-order chi connectivity index (χ0) is 26.7. The summed E-state index contributed by atoms with van der Waals surface area (Å²) in [5.41, 5.74) is 3.31. The number of hydrogen-bond acceptors (Lipinski definition) is 5. The number of anilines is 1. The molecule has 1 aliphatic heterocycles. The molecule has 1 heterocycles. The van der Waals surface area contributed by atoms with Crippen molar-refractivity contribution in [1.29, 1.82) is 0 Å². The molecule has 3 aromatic carbocycles. The van der Waals surface area contributed by atoms with Gasteiger partial charge in [0.25, 0.3) is 11.8 Å². The zero-order valence-electron chi connectivity index (χ0n) is 20.4. The molecule has 0 spiro atoms. The summed E-state index contributed by atoms with van der Waals surface area (Å²) in [5.74, 6) is -0.572. The number of hydrogen-bond donors (Lipinski definition) is 1. The second-order valence-electron chi connectivity index (χ2n) is 8.42. The quantitative estimate of drug-likeness (QED) is 0.283. The minimum Gasteiger partial charge on any atom is -0.490 e. The third-order valence-electron chi connectivity index (χ3n) is 5.65. The largest absolute Gasteiger partial charge is 0.490 e. The molecule has 7 nitrogen and oxygen atoms in total. The van der Waals surface area contributed by atoms with E-state index in [1.165, 1.54) is 6.08 Å². The van der Waals surface area contributed by atoms with Crippen molar-refractivity contribution in [3.05, 3.63) is 92.5 Å². The normalized spacial score (nSPS) is 14.7. The van der Waals surface area contributed by atoms with Crippen molar-refractivity contribution >= 4 is 52.8 Å². The zero-order valence-corrected chi connectivity index (χ0v) is 21.9. The summed E-state index contributed by atoms with van der Waals surface area (Å²) >= 11 is 12.1. The van der Waals surface area contributed by atoms with Crippen LogP contribution in [0.25, 0.3) is 6.08 Å². The van der Waals surface area contributed by atoms with Gasteiger partial charge in [-0.2, -0.15) is 0 Å². The number of nitrogens with zero attached hydrogens (tertiary/aromatic N) is 1. The Balaban J connectivity index is 1.62. The predicted molar refractivity (Wildman–Crippen MR) is 143 cm³/mol. The summed E-state index contributed by atoms with van der Waals surface area (Å²) in [6.07, 6.45) is 1.42. The van der Waals surface area contributed by atoms with E-state index in [0.29, 0.717) is 39.4 Å². The Morgan fingerprint density at radius 2 is 1.68 bits per heavy atom. The van der Waals surface area contributed by atoms with Crippen molar-refractivity contribution in [3.8, 4) is 11.5 Å². The Hall–Kier alpha value is -3.81. The molecular weight excluding hydrogens is 515 g/mol. The number of rotatable bonds is 7. The van der Waals surface area contributed by atoms with Gasteiger partial charge in [-0.05, 0) is 73.9 Å². The van der Waals surface area contributed by atoms with Gasteiger partial charge in [0.05, 0.1) is 22.3 Å². The van der Waals surface area contributed by atoms with Crippen LogP contribution in [0.4, 0.5) is 10.5 Å². The Morgan fingerprint density at radius 3 is 2.38 bits per heavy atom. The molecule has 4 amide bonds. The predicted octanol–water partition coefficient (Wildman–Crippen LogP) is 6.25. The van der Waals surface area contributed by atoms with Gasteiger partial charge in [0.1, 0.15) is 12.2 Å². The van der Waals surface area contributed by atoms with Crippen LogP contribution in [0.1, 0.15) is 29.2 Å². The van der Waals surface area contributed by atoms with Gasteiger partial charge in [-0.25, -0.2) is 9.69 Å². The maximum absolute atomic E-state index is 13.3. The third-order valence-corrected chi connectivity index (χ3v) is 6.39. The van der Waals surface area contributed by atoms with Gasteiger partial charge in [-0.1, -0.05) is 53.0 Å². The van der Waals surface area contributed by atoms with E-state index >= 15 is 0 Å². The number of ether oxygens (including phenoxy) is 2. The van der Waals surface area contributed by atoms with E-state index in [4.69, 9.17) is 32.7 Å². The molecule has 0 aromatic heterocycles. The standard InChI is InChI=1S/C28H24Cl2N2O5/c1-4-36-25-14-18(7-10-24(25)37-15-19-6-8-21(29)22(30)13-19)12-20-26(33)31-28(35)32(27(20)34)23-9-5-16(2)11-17(23)3/h5-14H,4,15H2,1-3H3,(H,31,33,35)/b20-12+. The van der Waals surface area contributed by atoms with Crippen LogP contribution in [0.3, 0.4) is 0 Å². The van der Waals surface area contributed by atoms with Gasteiger partial charge >= 0.3 is 6.03 Å². The highest BCUT2D eigenvalue weighted by Gasteiger charge is 2.37. The fourth-order valence-corrected chi connectivity index (χ4v) is 4.21. The highest BCUT2D eigenvalue weighted by molar-refractivity contribution is 6.42. The summed E-state index contributed by atoms with van der Waals surface area (Å²) < 4.78 is 11.7. The van der Waals surface area contributed by atoms with E-state index in [9.17, 15) is 14.4 Å². The summed E-state index contributed by atoms with van der Waals surface area (Å²) in [6.45, 7) is 6.15. The molecule has 3 aromatic rings. The van der Waals surface area contributed by atoms with Crippen LogP contribution in [0, 0.1) is 13.8 Å². The molecule has 37 heavy (non-hydrogen) atoms. The lowest BCUT2D eigenvalue weighted by atomic mass is 10.0. The number of benzene rings is 3. The molecule has 0 aliphatic carbocycles. The van der Waals surface area contributed by atoms with Crippen molar-refractivity contribution in [2.24, 2.45) is 0 Å². The smallest absolute Gasteiger partial charge is 0.335 e. The first kappa shape index (κ1) is 26.3.